The number of methoxy groups -OCH3 is 1. The number of rotatable bonds is 6. The molecule has 0 aliphatic heterocycles. The Hall–Kier alpha value is -1.32. The summed E-state index contributed by atoms with van der Waals surface area (Å²) >= 11 is 1.82. The summed E-state index contributed by atoms with van der Waals surface area (Å²) in [4.78, 5) is 1.40. The van der Waals surface area contributed by atoms with Crippen LogP contribution < -0.4 is 10.1 Å². The van der Waals surface area contributed by atoms with Gasteiger partial charge in [-0.05, 0) is 42.0 Å². The van der Waals surface area contributed by atoms with Crippen molar-refractivity contribution in [3.8, 4) is 5.75 Å². The second-order valence-corrected chi connectivity index (χ2v) is 6.38. The van der Waals surface area contributed by atoms with E-state index < -0.39 is 0 Å². The van der Waals surface area contributed by atoms with Gasteiger partial charge >= 0.3 is 0 Å². The molecule has 0 bridgehead atoms. The lowest BCUT2D eigenvalue weighted by molar-refractivity contribution is 0.379. The minimum absolute atomic E-state index is 0.315. The van der Waals surface area contributed by atoms with E-state index in [9.17, 15) is 0 Å². The molecule has 0 fully saturated rings. The number of benzene rings is 1. The van der Waals surface area contributed by atoms with Gasteiger partial charge in [0.25, 0.3) is 0 Å². The van der Waals surface area contributed by atoms with Gasteiger partial charge in [-0.1, -0.05) is 32.0 Å². The lowest BCUT2D eigenvalue weighted by Gasteiger charge is -2.26. The Morgan fingerprint density at radius 3 is 2.25 bits per heavy atom. The van der Waals surface area contributed by atoms with Gasteiger partial charge in [0.05, 0.1) is 7.11 Å². The zero-order chi connectivity index (χ0) is 14.5. The van der Waals surface area contributed by atoms with E-state index in [1.807, 2.05) is 23.5 Å². The summed E-state index contributed by atoms with van der Waals surface area (Å²) in [6, 6.07) is 13.3. The first-order valence-corrected chi connectivity index (χ1v) is 7.93. The summed E-state index contributed by atoms with van der Waals surface area (Å²) in [6.45, 7) is 6.74. The largest absolute Gasteiger partial charge is 0.497 e. The van der Waals surface area contributed by atoms with Crippen LogP contribution in [-0.2, 0) is 0 Å². The van der Waals surface area contributed by atoms with Crippen molar-refractivity contribution < 1.29 is 4.74 Å². The number of thiophene rings is 1. The van der Waals surface area contributed by atoms with Crippen molar-refractivity contribution in [1.82, 2.24) is 5.32 Å². The van der Waals surface area contributed by atoms with E-state index in [-0.39, 0.29) is 0 Å². The fourth-order valence-corrected chi connectivity index (χ4v) is 3.29. The normalized spacial score (nSPS) is 14.2. The van der Waals surface area contributed by atoms with Crippen molar-refractivity contribution in [2.45, 2.75) is 32.9 Å². The highest BCUT2D eigenvalue weighted by molar-refractivity contribution is 7.10. The van der Waals surface area contributed by atoms with Crippen LogP contribution in [0.5, 0.6) is 5.75 Å². The molecule has 0 spiro atoms. The molecule has 2 rings (SSSR count). The monoisotopic (exact) mass is 289 g/mol. The number of hydrogen-bond donors (Lipinski definition) is 1. The van der Waals surface area contributed by atoms with Crippen LogP contribution in [0, 0.1) is 5.92 Å². The van der Waals surface area contributed by atoms with Gasteiger partial charge in [0.15, 0.2) is 0 Å². The molecule has 2 atom stereocenters. The van der Waals surface area contributed by atoms with Crippen LogP contribution in [0.25, 0.3) is 0 Å². The minimum atomic E-state index is 0.315. The summed E-state index contributed by atoms with van der Waals surface area (Å²) in [5.41, 5.74) is 1.29. The van der Waals surface area contributed by atoms with Crippen LogP contribution in [0.3, 0.4) is 0 Å². The fourth-order valence-electron chi connectivity index (χ4n) is 2.33. The molecule has 0 amide bonds. The molecule has 2 aromatic rings. The highest BCUT2D eigenvalue weighted by Gasteiger charge is 2.19. The summed E-state index contributed by atoms with van der Waals surface area (Å²) in [5.74, 6) is 1.47. The molecule has 3 heteroatoms. The Morgan fingerprint density at radius 1 is 1.05 bits per heavy atom. The molecule has 0 aliphatic rings. The van der Waals surface area contributed by atoms with E-state index in [0.29, 0.717) is 18.0 Å². The Labute approximate surface area is 125 Å². The average molecular weight is 289 g/mol. The first kappa shape index (κ1) is 15.1. The summed E-state index contributed by atoms with van der Waals surface area (Å²) in [6.07, 6.45) is 0. The topological polar surface area (TPSA) is 21.3 Å². The molecule has 1 N–H and O–H groups in total. The number of nitrogens with one attached hydrogen (secondary N) is 1. The van der Waals surface area contributed by atoms with Crippen LogP contribution in [-0.4, -0.2) is 7.11 Å². The highest BCUT2D eigenvalue weighted by Crippen LogP contribution is 2.29. The zero-order valence-electron chi connectivity index (χ0n) is 12.6. The van der Waals surface area contributed by atoms with E-state index in [1.165, 1.54) is 10.4 Å². The van der Waals surface area contributed by atoms with Crippen LogP contribution in [0.2, 0.25) is 0 Å². The summed E-state index contributed by atoms with van der Waals surface area (Å²) in [7, 11) is 1.70. The molecule has 0 aliphatic carbocycles. The fraction of sp³-hybridized carbons (Fsp3) is 0.412. The Morgan fingerprint density at radius 2 is 1.75 bits per heavy atom. The maximum Gasteiger partial charge on any atom is 0.118 e. The lowest BCUT2D eigenvalue weighted by atomic mass is 9.99. The Bertz CT molecular complexity index is 504. The molecular formula is C17H23NOS. The van der Waals surface area contributed by atoms with Gasteiger partial charge in [-0.15, -0.1) is 11.3 Å². The molecular weight excluding hydrogens is 266 g/mol. The molecule has 1 aromatic heterocycles. The molecule has 20 heavy (non-hydrogen) atoms. The molecule has 108 valence electrons. The van der Waals surface area contributed by atoms with Crippen LogP contribution >= 0.6 is 11.3 Å². The van der Waals surface area contributed by atoms with Gasteiger partial charge in [0.2, 0.25) is 0 Å². The maximum atomic E-state index is 5.21. The molecule has 0 radical (unpaired) electrons. The highest BCUT2D eigenvalue weighted by atomic mass is 32.1. The standard InChI is InChI=1S/C17H23NOS/c1-12(2)17(16-6-5-11-20-16)18-13(3)14-7-9-15(19-4)10-8-14/h5-13,17-18H,1-4H3/t13-,17?/m0/s1. The van der Waals surface area contributed by atoms with Gasteiger partial charge in [0.1, 0.15) is 5.75 Å². The second-order valence-electron chi connectivity index (χ2n) is 5.40. The van der Waals surface area contributed by atoms with Gasteiger partial charge in [-0.3, -0.25) is 0 Å². The third kappa shape index (κ3) is 3.62. The lowest BCUT2D eigenvalue weighted by Crippen LogP contribution is -2.27. The van der Waals surface area contributed by atoms with Crippen LogP contribution in [0.15, 0.2) is 41.8 Å². The van der Waals surface area contributed by atoms with Crippen molar-refractivity contribution in [3.05, 3.63) is 52.2 Å². The van der Waals surface area contributed by atoms with Crippen molar-refractivity contribution in [2.24, 2.45) is 5.92 Å². The third-order valence-corrected chi connectivity index (χ3v) is 4.52. The van der Waals surface area contributed by atoms with Gasteiger partial charge < -0.3 is 10.1 Å². The quantitative estimate of drug-likeness (QED) is 0.824. The molecule has 0 saturated heterocycles. The van der Waals surface area contributed by atoms with E-state index >= 15 is 0 Å². The SMILES string of the molecule is COc1ccc([C@H](C)NC(c2cccs2)C(C)C)cc1. The third-order valence-electron chi connectivity index (χ3n) is 3.56. The minimum Gasteiger partial charge on any atom is -0.497 e. The van der Waals surface area contributed by atoms with Crippen molar-refractivity contribution in [3.63, 3.8) is 0 Å². The smallest absolute Gasteiger partial charge is 0.118 e. The van der Waals surface area contributed by atoms with E-state index in [0.717, 1.165) is 5.75 Å². The number of hydrogen-bond acceptors (Lipinski definition) is 3. The van der Waals surface area contributed by atoms with Crippen LogP contribution in [0.4, 0.5) is 0 Å². The first-order valence-electron chi connectivity index (χ1n) is 7.05. The van der Waals surface area contributed by atoms with Gasteiger partial charge in [-0.2, -0.15) is 0 Å². The van der Waals surface area contributed by atoms with Crippen LogP contribution in [0.1, 0.15) is 43.3 Å². The first-order chi connectivity index (χ1) is 9.61. The predicted octanol–water partition coefficient (Wildman–Crippen LogP) is 4.80. The Kier molecular flexibility index (Phi) is 5.21. The number of ether oxygens (including phenoxy) is 1. The summed E-state index contributed by atoms with van der Waals surface area (Å²) < 4.78 is 5.21. The molecule has 1 heterocycles. The molecule has 1 unspecified atom stereocenters. The Balaban J connectivity index is 2.09. The van der Waals surface area contributed by atoms with Crippen molar-refractivity contribution in [1.29, 1.82) is 0 Å². The van der Waals surface area contributed by atoms with E-state index in [1.54, 1.807) is 7.11 Å². The van der Waals surface area contributed by atoms with Crippen molar-refractivity contribution >= 4 is 11.3 Å². The second kappa shape index (κ2) is 6.91. The zero-order valence-corrected chi connectivity index (χ0v) is 13.4. The maximum absolute atomic E-state index is 5.21. The van der Waals surface area contributed by atoms with Gasteiger partial charge in [0, 0.05) is 17.0 Å². The average Bonchev–Trinajstić information content (AvgIpc) is 2.98. The van der Waals surface area contributed by atoms with E-state index in [4.69, 9.17) is 4.74 Å². The predicted molar refractivity (Wildman–Crippen MR) is 86.4 cm³/mol. The molecule has 2 nitrogen and oxygen atoms in total. The molecule has 1 aromatic carbocycles. The molecule has 0 saturated carbocycles. The van der Waals surface area contributed by atoms with Crippen molar-refractivity contribution in [2.75, 3.05) is 7.11 Å². The van der Waals surface area contributed by atoms with Gasteiger partial charge in [-0.25, -0.2) is 0 Å². The summed E-state index contributed by atoms with van der Waals surface area (Å²) in [5, 5.41) is 5.89. The van der Waals surface area contributed by atoms with E-state index in [2.05, 4.69) is 55.7 Å².